The van der Waals surface area contributed by atoms with E-state index >= 15 is 0 Å². The number of nitrogens with one attached hydrogen (secondary N) is 1. The topological polar surface area (TPSA) is 73.2 Å². The Morgan fingerprint density at radius 1 is 0.939 bits per heavy atom. The lowest BCUT2D eigenvalue weighted by Crippen LogP contribution is -2.16. The van der Waals surface area contributed by atoms with Crippen molar-refractivity contribution in [2.24, 2.45) is 0 Å². The van der Waals surface area contributed by atoms with Crippen molar-refractivity contribution < 1.29 is 14.3 Å². The van der Waals surface area contributed by atoms with E-state index in [1.807, 2.05) is 6.07 Å². The van der Waals surface area contributed by atoms with E-state index in [1.54, 1.807) is 60.8 Å². The normalized spacial score (nSPS) is 10.6. The van der Waals surface area contributed by atoms with E-state index in [0.717, 1.165) is 0 Å². The van der Waals surface area contributed by atoms with E-state index in [4.69, 9.17) is 39.5 Å². The van der Waals surface area contributed by atoms with Crippen molar-refractivity contribution in [1.29, 1.82) is 0 Å². The van der Waals surface area contributed by atoms with Crippen LogP contribution in [-0.2, 0) is 6.73 Å². The first-order valence-electron chi connectivity index (χ1n) is 9.73. The highest BCUT2D eigenvalue weighted by atomic mass is 35.5. The maximum atomic E-state index is 12.9. The van der Waals surface area contributed by atoms with Gasteiger partial charge in [0.05, 0.1) is 10.7 Å². The highest BCUT2D eigenvalue weighted by Crippen LogP contribution is 2.31. The molecule has 0 saturated carbocycles. The first-order valence-corrected chi connectivity index (χ1v) is 10.9. The number of benzene rings is 3. The molecule has 166 valence electrons. The highest BCUT2D eigenvalue weighted by molar-refractivity contribution is 6.42. The number of carbonyl (C=O) groups is 2. The largest absolute Gasteiger partial charge is 0.470 e. The molecule has 3 aromatic carbocycles. The van der Waals surface area contributed by atoms with Crippen molar-refractivity contribution in [2.75, 3.05) is 5.32 Å². The molecule has 0 fully saturated rings. The molecule has 0 aliphatic heterocycles. The lowest BCUT2D eigenvalue weighted by molar-refractivity contribution is 0.102. The van der Waals surface area contributed by atoms with E-state index in [2.05, 4.69) is 10.4 Å². The molecular formula is C24H16Cl3N3O3. The van der Waals surface area contributed by atoms with Crippen LogP contribution in [0.3, 0.4) is 0 Å². The Labute approximate surface area is 204 Å². The Hall–Kier alpha value is -3.32. The van der Waals surface area contributed by atoms with Gasteiger partial charge in [-0.15, -0.1) is 0 Å². The van der Waals surface area contributed by atoms with Crippen LogP contribution < -0.4 is 10.1 Å². The third-order valence-electron chi connectivity index (χ3n) is 4.65. The molecule has 4 rings (SSSR count). The van der Waals surface area contributed by atoms with Crippen LogP contribution in [0, 0.1) is 0 Å². The van der Waals surface area contributed by atoms with E-state index in [1.165, 1.54) is 16.8 Å². The van der Waals surface area contributed by atoms with Crippen LogP contribution in [-0.4, -0.2) is 21.5 Å². The second kappa shape index (κ2) is 10.1. The van der Waals surface area contributed by atoms with Crippen molar-refractivity contribution in [2.45, 2.75) is 6.73 Å². The molecule has 0 aliphatic rings. The maximum absolute atomic E-state index is 12.9. The number of halogens is 3. The van der Waals surface area contributed by atoms with Gasteiger partial charge in [-0.1, -0.05) is 71.2 Å². The number of aromatic nitrogens is 2. The predicted molar refractivity (Wildman–Crippen MR) is 129 cm³/mol. The molecule has 1 aromatic heterocycles. The van der Waals surface area contributed by atoms with Crippen LogP contribution in [0.5, 0.6) is 5.75 Å². The Balaban J connectivity index is 1.49. The van der Waals surface area contributed by atoms with E-state index in [0.29, 0.717) is 32.1 Å². The average molecular weight is 501 g/mol. The lowest BCUT2D eigenvalue weighted by atomic mass is 10.0. The molecule has 33 heavy (non-hydrogen) atoms. The van der Waals surface area contributed by atoms with Crippen LogP contribution >= 0.6 is 34.8 Å². The Morgan fingerprint density at radius 3 is 2.52 bits per heavy atom. The van der Waals surface area contributed by atoms with Gasteiger partial charge in [-0.05, 0) is 36.4 Å². The Kier molecular flexibility index (Phi) is 6.99. The third-order valence-corrected chi connectivity index (χ3v) is 5.69. The first kappa shape index (κ1) is 22.9. The number of anilines is 1. The minimum absolute atomic E-state index is 0.0199. The van der Waals surface area contributed by atoms with Gasteiger partial charge in [0.2, 0.25) is 0 Å². The third kappa shape index (κ3) is 5.37. The predicted octanol–water partition coefficient (Wildman–Crippen LogP) is 6.36. The average Bonchev–Trinajstić information content (AvgIpc) is 3.30. The van der Waals surface area contributed by atoms with Crippen LogP contribution in [0.2, 0.25) is 15.1 Å². The van der Waals surface area contributed by atoms with Crippen LogP contribution in [0.4, 0.5) is 5.69 Å². The summed E-state index contributed by atoms with van der Waals surface area (Å²) in [7, 11) is 0. The molecule has 0 aliphatic carbocycles. The smallest absolute Gasteiger partial charge is 0.276 e. The Bertz CT molecular complexity index is 1320. The van der Waals surface area contributed by atoms with E-state index in [-0.39, 0.29) is 23.8 Å². The molecule has 0 spiro atoms. The van der Waals surface area contributed by atoms with Crippen LogP contribution in [0.25, 0.3) is 0 Å². The fraction of sp³-hybridized carbons (Fsp3) is 0.0417. The van der Waals surface area contributed by atoms with Crippen LogP contribution in [0.15, 0.2) is 79.0 Å². The van der Waals surface area contributed by atoms with E-state index in [9.17, 15) is 9.59 Å². The summed E-state index contributed by atoms with van der Waals surface area (Å²) in [6.45, 7) is 0.0199. The summed E-state index contributed by atoms with van der Waals surface area (Å²) in [5.74, 6) is -0.347. The number of carbonyl (C=O) groups excluding carboxylic acids is 2. The van der Waals surface area contributed by atoms with E-state index < -0.39 is 5.91 Å². The summed E-state index contributed by atoms with van der Waals surface area (Å²) in [5, 5.41) is 8.00. The van der Waals surface area contributed by atoms with Gasteiger partial charge in [-0.2, -0.15) is 5.10 Å². The van der Waals surface area contributed by atoms with Gasteiger partial charge in [-0.3, -0.25) is 9.59 Å². The molecule has 9 heteroatoms. The van der Waals surface area contributed by atoms with Gasteiger partial charge in [0.25, 0.3) is 5.91 Å². The van der Waals surface area contributed by atoms with Crippen molar-refractivity contribution in [3.8, 4) is 5.75 Å². The second-order valence-corrected chi connectivity index (χ2v) is 8.13. The molecule has 0 bridgehead atoms. The van der Waals surface area contributed by atoms with Crippen molar-refractivity contribution >= 4 is 52.2 Å². The van der Waals surface area contributed by atoms with Gasteiger partial charge < -0.3 is 10.1 Å². The zero-order chi connectivity index (χ0) is 23.4. The molecular weight excluding hydrogens is 485 g/mol. The number of ether oxygens (including phenoxy) is 1. The van der Waals surface area contributed by atoms with Gasteiger partial charge in [0, 0.05) is 22.3 Å². The minimum atomic E-state index is -0.487. The lowest BCUT2D eigenvalue weighted by Gasteiger charge is -2.11. The molecule has 1 heterocycles. The summed E-state index contributed by atoms with van der Waals surface area (Å²) in [6.07, 6.45) is 1.59. The number of hydrogen-bond donors (Lipinski definition) is 1. The van der Waals surface area contributed by atoms with Crippen molar-refractivity contribution in [3.05, 3.63) is 111 Å². The molecule has 1 amide bonds. The molecule has 0 radical (unpaired) electrons. The molecule has 4 aromatic rings. The number of ketones is 1. The summed E-state index contributed by atoms with van der Waals surface area (Å²) < 4.78 is 7.06. The van der Waals surface area contributed by atoms with Gasteiger partial charge in [0.1, 0.15) is 10.8 Å². The standard InChI is InChI=1S/C24H16Cl3N3O3/c25-16-9-10-19(17(13-16)23(31)15-5-2-1-3-6-15)28-24(32)20-11-12-30(29-20)14-33-21-8-4-7-18(26)22(21)27/h1-13H,14H2,(H,28,32). The number of hydrogen-bond acceptors (Lipinski definition) is 4. The summed E-state index contributed by atoms with van der Waals surface area (Å²) in [6, 6.07) is 20.0. The zero-order valence-electron chi connectivity index (χ0n) is 17.0. The minimum Gasteiger partial charge on any atom is -0.470 e. The van der Waals surface area contributed by atoms with Crippen molar-refractivity contribution in [3.63, 3.8) is 0 Å². The number of amides is 1. The highest BCUT2D eigenvalue weighted by Gasteiger charge is 2.18. The van der Waals surface area contributed by atoms with Crippen LogP contribution in [0.1, 0.15) is 26.4 Å². The molecule has 1 N–H and O–H groups in total. The first-order chi connectivity index (χ1) is 15.9. The zero-order valence-corrected chi connectivity index (χ0v) is 19.2. The fourth-order valence-corrected chi connectivity index (χ4v) is 3.55. The quantitative estimate of drug-likeness (QED) is 0.300. The summed E-state index contributed by atoms with van der Waals surface area (Å²) in [4.78, 5) is 25.7. The Morgan fingerprint density at radius 2 is 1.73 bits per heavy atom. The fourth-order valence-electron chi connectivity index (χ4n) is 3.03. The van der Waals surface area contributed by atoms with Gasteiger partial charge in [-0.25, -0.2) is 4.68 Å². The maximum Gasteiger partial charge on any atom is 0.276 e. The number of nitrogens with zero attached hydrogens (tertiary/aromatic N) is 2. The van der Waals surface area contributed by atoms with Crippen molar-refractivity contribution in [1.82, 2.24) is 9.78 Å². The summed E-state index contributed by atoms with van der Waals surface area (Å²) >= 11 is 18.2. The second-order valence-electron chi connectivity index (χ2n) is 6.91. The molecule has 6 nitrogen and oxygen atoms in total. The molecule has 0 atom stereocenters. The summed E-state index contributed by atoms with van der Waals surface area (Å²) in [5.41, 5.74) is 1.23. The van der Waals surface area contributed by atoms with Gasteiger partial charge >= 0.3 is 0 Å². The monoisotopic (exact) mass is 499 g/mol. The van der Waals surface area contributed by atoms with Gasteiger partial charge in [0.15, 0.2) is 18.2 Å². The molecule has 0 unspecified atom stereocenters. The molecule has 0 saturated heterocycles. The number of rotatable bonds is 7. The SMILES string of the molecule is O=C(Nc1ccc(Cl)cc1C(=O)c1ccccc1)c1ccn(COc2cccc(Cl)c2Cl)n1.